The number of hydrogen-bond donors (Lipinski definition) is 5. The maximum Gasteiger partial charge on any atom is 0.275 e. The fraction of sp³-hybridized carbons (Fsp3) is 0.286. The molecule has 2 atom stereocenters. The third-order valence-corrected chi connectivity index (χ3v) is 5.56. The lowest BCUT2D eigenvalue weighted by atomic mass is 10.0. The fourth-order valence-electron chi connectivity index (χ4n) is 3.94. The number of aryl methyl sites for hydroxylation is 1. The quantitative estimate of drug-likeness (QED) is 0.352. The van der Waals surface area contributed by atoms with Gasteiger partial charge >= 0.3 is 0 Å². The Balaban J connectivity index is 1.59. The van der Waals surface area contributed by atoms with E-state index in [-0.39, 0.29) is 17.6 Å². The van der Waals surface area contributed by atoms with E-state index in [4.69, 9.17) is 15.5 Å². The van der Waals surface area contributed by atoms with Crippen molar-refractivity contribution in [1.29, 1.82) is 0 Å². The first-order valence-electron chi connectivity index (χ1n) is 9.92. The number of benzene rings is 1. The Kier molecular flexibility index (Phi) is 4.61. The molecule has 154 valence electrons. The zero-order chi connectivity index (χ0) is 20.7. The summed E-state index contributed by atoms with van der Waals surface area (Å²) in [5.74, 6) is 1.09. The molecule has 9 nitrogen and oxygen atoms in total. The standard InChI is InChI=1S/C21H23N7O2/c1-11-8-23-19-13(11)3-2-4-16(19)26-20-18-12(9-24-28-21(18)29)7-17(27-20)25-15-5-6-30-10-14(15)22/h2-4,7-9,14-15,23H,5-6,10,22H2,1H3,(H,28,29)(H2,25,26,27)/t14-,15+/m0/s1. The van der Waals surface area contributed by atoms with Crippen LogP contribution in [0.15, 0.2) is 41.5 Å². The number of H-pyrrole nitrogens is 2. The van der Waals surface area contributed by atoms with Crippen molar-refractivity contribution in [2.75, 3.05) is 23.8 Å². The van der Waals surface area contributed by atoms with Crippen molar-refractivity contribution in [3.8, 4) is 0 Å². The zero-order valence-electron chi connectivity index (χ0n) is 16.5. The summed E-state index contributed by atoms with van der Waals surface area (Å²) >= 11 is 0. The van der Waals surface area contributed by atoms with Crippen molar-refractivity contribution in [1.82, 2.24) is 20.2 Å². The van der Waals surface area contributed by atoms with Crippen molar-refractivity contribution >= 4 is 39.0 Å². The molecule has 0 spiro atoms. The third kappa shape index (κ3) is 3.27. The summed E-state index contributed by atoms with van der Waals surface area (Å²) in [5, 5.41) is 15.5. The van der Waals surface area contributed by atoms with Gasteiger partial charge in [0, 0.05) is 35.7 Å². The average Bonchev–Trinajstić information content (AvgIpc) is 3.12. The van der Waals surface area contributed by atoms with Crippen LogP contribution in [0.2, 0.25) is 0 Å². The van der Waals surface area contributed by atoms with Crippen molar-refractivity contribution in [3.05, 3.63) is 52.6 Å². The monoisotopic (exact) mass is 405 g/mol. The van der Waals surface area contributed by atoms with Crippen LogP contribution in [-0.2, 0) is 4.74 Å². The summed E-state index contributed by atoms with van der Waals surface area (Å²) in [6.07, 6.45) is 4.37. The third-order valence-electron chi connectivity index (χ3n) is 5.56. The number of nitrogens with two attached hydrogens (primary N) is 1. The highest BCUT2D eigenvalue weighted by molar-refractivity contribution is 5.99. The number of rotatable bonds is 4. The van der Waals surface area contributed by atoms with Gasteiger partial charge < -0.3 is 26.1 Å². The molecule has 0 radical (unpaired) electrons. The van der Waals surface area contributed by atoms with E-state index in [0.29, 0.717) is 35.6 Å². The van der Waals surface area contributed by atoms with Crippen LogP contribution in [-0.4, -0.2) is 45.5 Å². The molecule has 0 aliphatic carbocycles. The molecule has 30 heavy (non-hydrogen) atoms. The molecule has 1 aromatic carbocycles. The second-order valence-electron chi connectivity index (χ2n) is 7.62. The van der Waals surface area contributed by atoms with E-state index >= 15 is 0 Å². The fourth-order valence-corrected chi connectivity index (χ4v) is 3.94. The van der Waals surface area contributed by atoms with Crippen LogP contribution in [0.4, 0.5) is 17.3 Å². The predicted octanol–water partition coefficient (Wildman–Crippen LogP) is 2.38. The molecule has 0 amide bonds. The number of aromatic amines is 2. The van der Waals surface area contributed by atoms with E-state index < -0.39 is 0 Å². The van der Waals surface area contributed by atoms with Crippen LogP contribution in [0.1, 0.15) is 12.0 Å². The van der Waals surface area contributed by atoms with Gasteiger partial charge in [-0.05, 0) is 31.0 Å². The number of anilines is 3. The normalized spacial score (nSPS) is 19.3. The number of fused-ring (bicyclic) bond motifs is 2. The van der Waals surface area contributed by atoms with Gasteiger partial charge in [-0.25, -0.2) is 10.1 Å². The molecule has 0 saturated carbocycles. The van der Waals surface area contributed by atoms with Gasteiger partial charge in [-0.15, -0.1) is 0 Å². The van der Waals surface area contributed by atoms with Crippen LogP contribution in [0.5, 0.6) is 0 Å². The highest BCUT2D eigenvalue weighted by atomic mass is 16.5. The SMILES string of the molecule is Cc1c[nH]c2c(Nc3nc(N[C@@H]4CCOC[C@@H]4N)cc4cn[nH]c(=O)c34)cccc12. The van der Waals surface area contributed by atoms with E-state index in [1.807, 2.05) is 31.3 Å². The molecular weight excluding hydrogens is 382 g/mol. The number of pyridine rings is 1. The largest absolute Gasteiger partial charge is 0.380 e. The molecule has 6 N–H and O–H groups in total. The molecule has 1 saturated heterocycles. The first kappa shape index (κ1) is 18.6. The molecule has 1 aliphatic heterocycles. The van der Waals surface area contributed by atoms with Crippen molar-refractivity contribution in [2.45, 2.75) is 25.4 Å². The second-order valence-corrected chi connectivity index (χ2v) is 7.62. The average molecular weight is 405 g/mol. The van der Waals surface area contributed by atoms with Crippen LogP contribution in [0, 0.1) is 6.92 Å². The minimum atomic E-state index is -0.299. The van der Waals surface area contributed by atoms with Gasteiger partial charge in [-0.2, -0.15) is 5.10 Å². The number of para-hydroxylation sites is 1. The number of nitrogens with zero attached hydrogens (tertiary/aromatic N) is 2. The van der Waals surface area contributed by atoms with Gasteiger partial charge in [0.1, 0.15) is 11.6 Å². The van der Waals surface area contributed by atoms with Gasteiger partial charge in [0.25, 0.3) is 5.56 Å². The summed E-state index contributed by atoms with van der Waals surface area (Å²) < 4.78 is 5.42. The molecule has 5 rings (SSSR count). The Morgan fingerprint density at radius 1 is 1.33 bits per heavy atom. The van der Waals surface area contributed by atoms with Crippen LogP contribution >= 0.6 is 0 Å². The Morgan fingerprint density at radius 2 is 2.23 bits per heavy atom. The van der Waals surface area contributed by atoms with E-state index in [9.17, 15) is 4.79 Å². The molecule has 9 heteroatoms. The molecule has 0 unspecified atom stereocenters. The highest BCUT2D eigenvalue weighted by Crippen LogP contribution is 2.30. The molecule has 0 bridgehead atoms. The number of nitrogens with one attached hydrogen (secondary N) is 4. The highest BCUT2D eigenvalue weighted by Gasteiger charge is 2.23. The minimum Gasteiger partial charge on any atom is -0.380 e. The van der Waals surface area contributed by atoms with Crippen LogP contribution in [0.3, 0.4) is 0 Å². The smallest absolute Gasteiger partial charge is 0.275 e. The summed E-state index contributed by atoms with van der Waals surface area (Å²) in [4.78, 5) is 20.6. The van der Waals surface area contributed by atoms with Gasteiger partial charge in [0.05, 0.1) is 29.4 Å². The second kappa shape index (κ2) is 7.43. The molecule has 1 fully saturated rings. The van der Waals surface area contributed by atoms with Gasteiger partial charge in [-0.3, -0.25) is 4.79 Å². The molecular formula is C21H23N7O2. The van der Waals surface area contributed by atoms with E-state index in [1.165, 1.54) is 0 Å². The van der Waals surface area contributed by atoms with Crippen LogP contribution < -0.4 is 21.9 Å². The lowest BCUT2D eigenvalue weighted by molar-refractivity contribution is 0.0752. The molecule has 4 aromatic rings. The summed E-state index contributed by atoms with van der Waals surface area (Å²) in [5.41, 5.74) is 8.84. The van der Waals surface area contributed by atoms with E-state index in [1.54, 1.807) is 6.20 Å². The Bertz CT molecular complexity index is 1280. The molecule has 3 aromatic heterocycles. The minimum absolute atomic E-state index is 0.0426. The van der Waals surface area contributed by atoms with Crippen LogP contribution in [0.25, 0.3) is 21.7 Å². The maximum absolute atomic E-state index is 12.5. The number of ether oxygens (including phenoxy) is 1. The van der Waals surface area contributed by atoms with Gasteiger partial charge in [-0.1, -0.05) is 12.1 Å². The Labute approximate surface area is 172 Å². The Morgan fingerprint density at radius 3 is 3.10 bits per heavy atom. The number of aromatic nitrogens is 4. The van der Waals surface area contributed by atoms with Gasteiger partial charge in [0.2, 0.25) is 0 Å². The lowest BCUT2D eigenvalue weighted by Gasteiger charge is -2.30. The van der Waals surface area contributed by atoms with Crippen molar-refractivity contribution in [2.24, 2.45) is 5.73 Å². The number of hydrogen-bond acceptors (Lipinski definition) is 7. The first-order valence-corrected chi connectivity index (χ1v) is 9.92. The van der Waals surface area contributed by atoms with E-state index in [0.717, 1.165) is 28.6 Å². The first-order chi connectivity index (χ1) is 14.6. The van der Waals surface area contributed by atoms with Crippen molar-refractivity contribution < 1.29 is 4.74 Å². The maximum atomic E-state index is 12.5. The molecule has 4 heterocycles. The topological polar surface area (TPSA) is 134 Å². The lowest BCUT2D eigenvalue weighted by Crippen LogP contribution is -2.47. The predicted molar refractivity (Wildman–Crippen MR) is 117 cm³/mol. The summed E-state index contributed by atoms with van der Waals surface area (Å²) in [6.45, 7) is 3.21. The summed E-state index contributed by atoms with van der Waals surface area (Å²) in [6, 6.07) is 7.73. The van der Waals surface area contributed by atoms with Gasteiger partial charge in [0.15, 0.2) is 0 Å². The Hall–Kier alpha value is -3.43. The van der Waals surface area contributed by atoms with Crippen molar-refractivity contribution in [3.63, 3.8) is 0 Å². The zero-order valence-corrected chi connectivity index (χ0v) is 16.5. The summed E-state index contributed by atoms with van der Waals surface area (Å²) in [7, 11) is 0. The van der Waals surface area contributed by atoms with E-state index in [2.05, 4.69) is 31.9 Å². The molecule has 1 aliphatic rings.